The van der Waals surface area contributed by atoms with Gasteiger partial charge in [0.15, 0.2) is 11.6 Å². The SMILES string of the molecule is NCC1Cc2cc(-c3cccs3)cc(F)c2O1. The summed E-state index contributed by atoms with van der Waals surface area (Å²) in [7, 11) is 0. The van der Waals surface area contributed by atoms with E-state index in [4.69, 9.17) is 10.5 Å². The lowest BCUT2D eigenvalue weighted by atomic mass is 10.1. The van der Waals surface area contributed by atoms with E-state index in [1.54, 1.807) is 11.3 Å². The van der Waals surface area contributed by atoms with Gasteiger partial charge in [0.05, 0.1) is 0 Å². The lowest BCUT2D eigenvalue weighted by Crippen LogP contribution is -2.24. The van der Waals surface area contributed by atoms with Crippen LogP contribution in [0.15, 0.2) is 29.6 Å². The summed E-state index contributed by atoms with van der Waals surface area (Å²) in [5, 5.41) is 1.99. The first-order chi connectivity index (χ1) is 8.28. The van der Waals surface area contributed by atoms with Gasteiger partial charge in [0, 0.05) is 23.4 Å². The van der Waals surface area contributed by atoms with E-state index in [1.807, 2.05) is 23.6 Å². The number of nitrogens with two attached hydrogens (primary N) is 1. The van der Waals surface area contributed by atoms with E-state index >= 15 is 0 Å². The average Bonchev–Trinajstić information content (AvgIpc) is 2.97. The molecule has 1 aromatic heterocycles. The van der Waals surface area contributed by atoms with Gasteiger partial charge < -0.3 is 10.5 Å². The molecule has 1 aromatic carbocycles. The predicted octanol–water partition coefficient (Wildman–Crippen LogP) is 2.82. The molecule has 2 N–H and O–H groups in total. The highest BCUT2D eigenvalue weighted by Gasteiger charge is 2.25. The first-order valence-corrected chi connectivity index (χ1v) is 6.39. The molecule has 4 heteroatoms. The topological polar surface area (TPSA) is 35.2 Å². The van der Waals surface area contributed by atoms with Crippen LogP contribution in [0.3, 0.4) is 0 Å². The molecule has 0 radical (unpaired) electrons. The van der Waals surface area contributed by atoms with Crippen molar-refractivity contribution in [2.75, 3.05) is 6.54 Å². The Morgan fingerprint density at radius 3 is 3.06 bits per heavy atom. The van der Waals surface area contributed by atoms with Crippen molar-refractivity contribution in [2.24, 2.45) is 5.73 Å². The fourth-order valence-electron chi connectivity index (χ4n) is 2.10. The van der Waals surface area contributed by atoms with Gasteiger partial charge in [0.25, 0.3) is 0 Å². The predicted molar refractivity (Wildman–Crippen MR) is 66.9 cm³/mol. The quantitative estimate of drug-likeness (QED) is 0.888. The first kappa shape index (κ1) is 10.7. The monoisotopic (exact) mass is 249 g/mol. The molecule has 0 aliphatic carbocycles. The van der Waals surface area contributed by atoms with Crippen LogP contribution in [-0.4, -0.2) is 12.6 Å². The van der Waals surface area contributed by atoms with Crippen LogP contribution >= 0.6 is 11.3 Å². The molecule has 88 valence electrons. The van der Waals surface area contributed by atoms with Crippen LogP contribution in [-0.2, 0) is 6.42 Å². The van der Waals surface area contributed by atoms with Gasteiger partial charge in [-0.05, 0) is 29.1 Å². The Labute approximate surface area is 103 Å². The maximum atomic E-state index is 13.9. The summed E-state index contributed by atoms with van der Waals surface area (Å²) in [6.07, 6.45) is 0.611. The van der Waals surface area contributed by atoms with E-state index in [9.17, 15) is 4.39 Å². The molecule has 0 amide bonds. The third kappa shape index (κ3) is 1.83. The van der Waals surface area contributed by atoms with E-state index in [0.717, 1.165) is 16.0 Å². The maximum Gasteiger partial charge on any atom is 0.166 e. The molecule has 0 spiro atoms. The number of fused-ring (bicyclic) bond motifs is 1. The summed E-state index contributed by atoms with van der Waals surface area (Å²) in [5.41, 5.74) is 7.39. The molecule has 0 bridgehead atoms. The van der Waals surface area contributed by atoms with Gasteiger partial charge in [-0.1, -0.05) is 6.07 Å². The largest absolute Gasteiger partial charge is 0.485 e. The molecule has 1 aliphatic rings. The lowest BCUT2D eigenvalue weighted by Gasteiger charge is -2.07. The van der Waals surface area contributed by atoms with Crippen LogP contribution < -0.4 is 10.5 Å². The number of hydrogen-bond donors (Lipinski definition) is 1. The Balaban J connectivity index is 2.04. The standard InChI is InChI=1S/C13H12FNOS/c14-11-6-8(12-2-1-3-17-12)4-9-5-10(7-15)16-13(9)11/h1-4,6,10H,5,7,15H2. The summed E-state index contributed by atoms with van der Waals surface area (Å²) >= 11 is 1.60. The molecule has 3 rings (SSSR count). The highest BCUT2D eigenvalue weighted by Crippen LogP contribution is 2.36. The normalized spacial score (nSPS) is 17.9. The fourth-order valence-corrected chi connectivity index (χ4v) is 2.82. The molecule has 0 saturated heterocycles. The molecular weight excluding hydrogens is 237 g/mol. The summed E-state index contributed by atoms with van der Waals surface area (Å²) < 4.78 is 19.4. The molecule has 0 fully saturated rings. The van der Waals surface area contributed by atoms with Crippen LogP contribution in [0.4, 0.5) is 4.39 Å². The van der Waals surface area contributed by atoms with Crippen LogP contribution in [0.25, 0.3) is 10.4 Å². The average molecular weight is 249 g/mol. The van der Waals surface area contributed by atoms with Gasteiger partial charge in [-0.25, -0.2) is 4.39 Å². The number of halogens is 1. The molecule has 1 unspecified atom stereocenters. The highest BCUT2D eigenvalue weighted by molar-refractivity contribution is 7.13. The molecule has 2 nitrogen and oxygen atoms in total. The zero-order valence-corrected chi connectivity index (χ0v) is 9.97. The zero-order valence-electron chi connectivity index (χ0n) is 9.15. The Kier molecular flexibility index (Phi) is 2.61. The van der Waals surface area contributed by atoms with Gasteiger partial charge in [-0.15, -0.1) is 11.3 Å². The lowest BCUT2D eigenvalue weighted by molar-refractivity contribution is 0.232. The molecule has 1 aliphatic heterocycles. The third-order valence-corrected chi connectivity index (χ3v) is 3.84. The van der Waals surface area contributed by atoms with Gasteiger partial charge in [-0.2, -0.15) is 0 Å². The number of hydrogen-bond acceptors (Lipinski definition) is 3. The van der Waals surface area contributed by atoms with Gasteiger partial charge in [0.2, 0.25) is 0 Å². The summed E-state index contributed by atoms with van der Waals surface area (Å²) in [6, 6.07) is 7.48. The van der Waals surface area contributed by atoms with Gasteiger partial charge in [-0.3, -0.25) is 0 Å². The Hall–Kier alpha value is -1.39. The van der Waals surface area contributed by atoms with Gasteiger partial charge in [0.1, 0.15) is 6.10 Å². The van der Waals surface area contributed by atoms with E-state index in [0.29, 0.717) is 18.7 Å². The molecule has 2 aromatic rings. The summed E-state index contributed by atoms with van der Waals surface area (Å²) in [6.45, 7) is 0.419. The third-order valence-electron chi connectivity index (χ3n) is 2.92. The molecule has 17 heavy (non-hydrogen) atoms. The van der Waals surface area contributed by atoms with E-state index in [-0.39, 0.29) is 11.9 Å². The molecular formula is C13H12FNOS. The molecule has 2 heterocycles. The number of ether oxygens (including phenoxy) is 1. The summed E-state index contributed by atoms with van der Waals surface area (Å²) in [5.74, 6) is 0.0857. The molecule has 1 atom stereocenters. The van der Waals surface area contributed by atoms with Crippen molar-refractivity contribution in [3.63, 3.8) is 0 Å². The van der Waals surface area contributed by atoms with Crippen molar-refractivity contribution in [3.05, 3.63) is 41.0 Å². The zero-order chi connectivity index (χ0) is 11.8. The van der Waals surface area contributed by atoms with Crippen molar-refractivity contribution < 1.29 is 9.13 Å². The van der Waals surface area contributed by atoms with E-state index < -0.39 is 0 Å². The fraction of sp³-hybridized carbons (Fsp3) is 0.231. The van der Waals surface area contributed by atoms with Crippen molar-refractivity contribution in [2.45, 2.75) is 12.5 Å². The van der Waals surface area contributed by atoms with Crippen molar-refractivity contribution >= 4 is 11.3 Å². The van der Waals surface area contributed by atoms with Crippen molar-refractivity contribution in [1.29, 1.82) is 0 Å². The smallest absolute Gasteiger partial charge is 0.166 e. The number of thiophene rings is 1. The number of benzene rings is 1. The van der Waals surface area contributed by atoms with Crippen molar-refractivity contribution in [3.8, 4) is 16.2 Å². The van der Waals surface area contributed by atoms with E-state index in [1.165, 1.54) is 6.07 Å². The van der Waals surface area contributed by atoms with E-state index in [2.05, 4.69) is 0 Å². The second kappa shape index (κ2) is 4.13. The number of rotatable bonds is 2. The Bertz CT molecular complexity index is 539. The minimum absolute atomic E-state index is 0.0851. The minimum atomic E-state index is -0.290. The maximum absolute atomic E-state index is 13.9. The van der Waals surface area contributed by atoms with Crippen LogP contribution in [0.5, 0.6) is 5.75 Å². The second-order valence-corrected chi connectivity index (χ2v) is 5.05. The Morgan fingerprint density at radius 2 is 2.35 bits per heavy atom. The highest BCUT2D eigenvalue weighted by atomic mass is 32.1. The van der Waals surface area contributed by atoms with Crippen molar-refractivity contribution in [1.82, 2.24) is 0 Å². The minimum Gasteiger partial charge on any atom is -0.485 e. The van der Waals surface area contributed by atoms with Gasteiger partial charge >= 0.3 is 0 Å². The molecule has 0 saturated carbocycles. The summed E-state index contributed by atoms with van der Waals surface area (Å²) in [4.78, 5) is 1.07. The van der Waals surface area contributed by atoms with Crippen LogP contribution in [0.2, 0.25) is 0 Å². The van der Waals surface area contributed by atoms with Crippen LogP contribution in [0, 0.1) is 5.82 Å². The second-order valence-electron chi connectivity index (χ2n) is 4.10. The Morgan fingerprint density at radius 1 is 1.47 bits per heavy atom. The first-order valence-electron chi connectivity index (χ1n) is 5.51. The van der Waals surface area contributed by atoms with Crippen LogP contribution in [0.1, 0.15) is 5.56 Å².